The van der Waals surface area contributed by atoms with Crippen molar-refractivity contribution in [2.45, 2.75) is 13.0 Å². The molecule has 0 bridgehead atoms. The molecule has 0 saturated carbocycles. The number of rotatable bonds is 5. The van der Waals surface area contributed by atoms with Crippen LogP contribution in [0.1, 0.15) is 12.0 Å². The third-order valence-corrected chi connectivity index (χ3v) is 5.17. The molecule has 1 aliphatic heterocycles. The molecule has 1 unspecified atom stereocenters. The maximum Gasteiger partial charge on any atom is 0.229 e. The Morgan fingerprint density at radius 2 is 1.96 bits per heavy atom. The first-order valence-corrected chi connectivity index (χ1v) is 9.30. The lowest BCUT2D eigenvalue weighted by molar-refractivity contribution is -0.135. The summed E-state index contributed by atoms with van der Waals surface area (Å²) in [5.41, 5.74) is 1.53. The molecule has 1 atom stereocenters. The summed E-state index contributed by atoms with van der Waals surface area (Å²) >= 11 is 3.45. The SMILES string of the molecule is C#CCN(Cc1ccc(F)cc1)C(=O)C1CC(=O)N(c2ccccc2Br)C1. The summed E-state index contributed by atoms with van der Waals surface area (Å²) in [6, 6.07) is 13.4. The highest BCUT2D eigenvalue weighted by Crippen LogP contribution is 2.32. The largest absolute Gasteiger partial charge is 0.327 e. The zero-order valence-corrected chi connectivity index (χ0v) is 16.2. The number of benzene rings is 2. The van der Waals surface area contributed by atoms with Gasteiger partial charge in [-0.05, 0) is 45.8 Å². The van der Waals surface area contributed by atoms with Crippen molar-refractivity contribution in [3.05, 3.63) is 64.4 Å². The van der Waals surface area contributed by atoms with Gasteiger partial charge in [-0.15, -0.1) is 6.42 Å². The number of anilines is 1. The molecule has 2 amide bonds. The summed E-state index contributed by atoms with van der Waals surface area (Å²) in [6.45, 7) is 0.726. The Labute approximate surface area is 166 Å². The van der Waals surface area contributed by atoms with Gasteiger partial charge in [0.15, 0.2) is 0 Å². The summed E-state index contributed by atoms with van der Waals surface area (Å²) in [4.78, 5) is 28.6. The Hall–Kier alpha value is -2.65. The van der Waals surface area contributed by atoms with Crippen molar-refractivity contribution in [3.8, 4) is 12.3 Å². The monoisotopic (exact) mass is 428 g/mol. The number of amides is 2. The molecule has 1 saturated heterocycles. The van der Waals surface area contributed by atoms with Gasteiger partial charge in [0.25, 0.3) is 0 Å². The fourth-order valence-corrected chi connectivity index (χ4v) is 3.67. The Bertz CT molecular complexity index is 892. The highest BCUT2D eigenvalue weighted by molar-refractivity contribution is 9.10. The minimum absolute atomic E-state index is 0.0947. The summed E-state index contributed by atoms with van der Waals surface area (Å²) in [5, 5.41) is 0. The normalized spacial score (nSPS) is 16.3. The molecule has 3 rings (SSSR count). The van der Waals surface area contributed by atoms with Crippen LogP contribution in [0.25, 0.3) is 0 Å². The number of terminal acetylenes is 1. The van der Waals surface area contributed by atoms with Gasteiger partial charge in [-0.2, -0.15) is 0 Å². The van der Waals surface area contributed by atoms with Crippen molar-refractivity contribution in [3.63, 3.8) is 0 Å². The quantitative estimate of drug-likeness (QED) is 0.682. The van der Waals surface area contributed by atoms with Gasteiger partial charge < -0.3 is 9.80 Å². The lowest BCUT2D eigenvalue weighted by atomic mass is 10.1. The van der Waals surface area contributed by atoms with Gasteiger partial charge in [0, 0.05) is 24.0 Å². The molecule has 0 radical (unpaired) electrons. The smallest absolute Gasteiger partial charge is 0.229 e. The molecule has 4 nitrogen and oxygen atoms in total. The molecule has 1 fully saturated rings. The van der Waals surface area contributed by atoms with E-state index in [-0.39, 0.29) is 37.1 Å². The first-order valence-electron chi connectivity index (χ1n) is 8.51. The van der Waals surface area contributed by atoms with Crippen LogP contribution in [0.2, 0.25) is 0 Å². The molecule has 0 spiro atoms. The van der Waals surface area contributed by atoms with Crippen LogP contribution in [0.4, 0.5) is 10.1 Å². The molecular weight excluding hydrogens is 411 g/mol. The van der Waals surface area contributed by atoms with E-state index in [1.807, 2.05) is 24.3 Å². The molecule has 27 heavy (non-hydrogen) atoms. The topological polar surface area (TPSA) is 40.6 Å². The summed E-state index contributed by atoms with van der Waals surface area (Å²) in [5.74, 6) is 1.44. The fraction of sp³-hybridized carbons (Fsp3) is 0.238. The van der Waals surface area contributed by atoms with Crippen molar-refractivity contribution in [2.75, 3.05) is 18.0 Å². The standard InChI is InChI=1S/C21H18BrFN2O2/c1-2-11-24(13-15-7-9-17(23)10-8-15)21(27)16-12-20(26)25(14-16)19-6-4-3-5-18(19)22/h1,3-10,16H,11-14H2. The van der Waals surface area contributed by atoms with Crippen LogP contribution in [0.5, 0.6) is 0 Å². The minimum atomic E-state index is -0.460. The first kappa shape index (κ1) is 19.1. The first-order chi connectivity index (χ1) is 13.0. The lowest BCUT2D eigenvalue weighted by Crippen LogP contribution is -2.37. The van der Waals surface area contributed by atoms with Gasteiger partial charge in [-0.1, -0.05) is 30.2 Å². The molecule has 0 aliphatic carbocycles. The summed E-state index contributed by atoms with van der Waals surface area (Å²) in [6.07, 6.45) is 5.57. The second-order valence-electron chi connectivity index (χ2n) is 6.38. The van der Waals surface area contributed by atoms with Crippen LogP contribution < -0.4 is 4.90 Å². The van der Waals surface area contributed by atoms with E-state index in [0.717, 1.165) is 15.7 Å². The summed E-state index contributed by atoms with van der Waals surface area (Å²) in [7, 11) is 0. The maximum atomic E-state index is 13.1. The van der Waals surface area contributed by atoms with Crippen LogP contribution in [0, 0.1) is 24.1 Å². The van der Waals surface area contributed by atoms with Crippen molar-refractivity contribution in [2.24, 2.45) is 5.92 Å². The van der Waals surface area contributed by atoms with E-state index in [1.54, 1.807) is 17.0 Å². The number of para-hydroxylation sites is 1. The lowest BCUT2D eigenvalue weighted by Gasteiger charge is -2.24. The Morgan fingerprint density at radius 3 is 2.63 bits per heavy atom. The van der Waals surface area contributed by atoms with E-state index in [0.29, 0.717) is 6.54 Å². The minimum Gasteiger partial charge on any atom is -0.327 e. The average Bonchev–Trinajstić information content (AvgIpc) is 3.04. The number of halogens is 2. The van der Waals surface area contributed by atoms with Gasteiger partial charge in [-0.25, -0.2) is 4.39 Å². The number of nitrogens with zero attached hydrogens (tertiary/aromatic N) is 2. The van der Waals surface area contributed by atoms with E-state index in [1.165, 1.54) is 17.0 Å². The second-order valence-corrected chi connectivity index (χ2v) is 7.24. The van der Waals surface area contributed by atoms with Crippen LogP contribution in [-0.2, 0) is 16.1 Å². The predicted molar refractivity (Wildman–Crippen MR) is 105 cm³/mol. The van der Waals surface area contributed by atoms with Crippen LogP contribution >= 0.6 is 15.9 Å². The van der Waals surface area contributed by atoms with Crippen molar-refractivity contribution in [1.82, 2.24) is 4.90 Å². The van der Waals surface area contributed by atoms with E-state index < -0.39 is 5.92 Å². The van der Waals surface area contributed by atoms with E-state index in [9.17, 15) is 14.0 Å². The van der Waals surface area contributed by atoms with Crippen LogP contribution in [-0.4, -0.2) is 29.8 Å². The Balaban J connectivity index is 1.75. The van der Waals surface area contributed by atoms with Crippen molar-refractivity contribution >= 4 is 33.4 Å². The second kappa shape index (κ2) is 8.36. The summed E-state index contributed by atoms with van der Waals surface area (Å²) < 4.78 is 13.9. The van der Waals surface area contributed by atoms with Crippen molar-refractivity contribution in [1.29, 1.82) is 0 Å². The van der Waals surface area contributed by atoms with E-state index >= 15 is 0 Å². The highest BCUT2D eigenvalue weighted by Gasteiger charge is 2.37. The molecule has 1 aliphatic rings. The third kappa shape index (κ3) is 4.37. The molecular formula is C21H18BrFN2O2. The molecule has 0 aromatic heterocycles. The Morgan fingerprint density at radius 1 is 1.26 bits per heavy atom. The van der Waals surface area contributed by atoms with Gasteiger partial charge in [0.1, 0.15) is 5.82 Å². The van der Waals surface area contributed by atoms with Gasteiger partial charge in [0.05, 0.1) is 18.2 Å². The van der Waals surface area contributed by atoms with Crippen LogP contribution in [0.3, 0.4) is 0 Å². The molecule has 6 heteroatoms. The zero-order chi connectivity index (χ0) is 19.4. The van der Waals surface area contributed by atoms with Gasteiger partial charge in [-0.3, -0.25) is 9.59 Å². The number of carbonyl (C=O) groups excluding carboxylic acids is 2. The predicted octanol–water partition coefficient (Wildman–Crippen LogP) is 3.60. The molecule has 0 N–H and O–H groups in total. The van der Waals surface area contributed by atoms with Gasteiger partial charge >= 0.3 is 0 Å². The van der Waals surface area contributed by atoms with Crippen molar-refractivity contribution < 1.29 is 14.0 Å². The number of hydrogen-bond donors (Lipinski definition) is 0. The third-order valence-electron chi connectivity index (χ3n) is 4.50. The van der Waals surface area contributed by atoms with E-state index in [4.69, 9.17) is 6.42 Å². The molecule has 138 valence electrons. The van der Waals surface area contributed by atoms with Gasteiger partial charge in [0.2, 0.25) is 11.8 Å². The Kier molecular flexibility index (Phi) is 5.92. The van der Waals surface area contributed by atoms with Crippen LogP contribution in [0.15, 0.2) is 53.0 Å². The number of hydrogen-bond acceptors (Lipinski definition) is 2. The number of carbonyl (C=O) groups is 2. The average molecular weight is 429 g/mol. The highest BCUT2D eigenvalue weighted by atomic mass is 79.9. The molecule has 1 heterocycles. The maximum absolute atomic E-state index is 13.1. The van der Waals surface area contributed by atoms with E-state index in [2.05, 4.69) is 21.9 Å². The fourth-order valence-electron chi connectivity index (χ4n) is 3.17. The molecule has 2 aromatic carbocycles. The zero-order valence-electron chi connectivity index (χ0n) is 14.6. The molecule has 2 aromatic rings.